The van der Waals surface area contributed by atoms with E-state index >= 15 is 0 Å². The highest BCUT2D eigenvalue weighted by Gasteiger charge is 2.44. The zero-order valence-electron chi connectivity index (χ0n) is 14.1. The minimum atomic E-state index is -0.629. The molecular formula is C20H21ClN2O2. The molecule has 3 rings (SSSR count). The van der Waals surface area contributed by atoms with Gasteiger partial charge in [0.05, 0.1) is 10.6 Å². The molecular weight excluding hydrogens is 336 g/mol. The molecule has 25 heavy (non-hydrogen) atoms. The third-order valence-electron chi connectivity index (χ3n) is 4.70. The van der Waals surface area contributed by atoms with Gasteiger partial charge in [-0.1, -0.05) is 54.1 Å². The molecule has 0 aliphatic heterocycles. The summed E-state index contributed by atoms with van der Waals surface area (Å²) in [6.07, 6.45) is 2.13. The van der Waals surface area contributed by atoms with E-state index in [1.54, 1.807) is 31.2 Å². The lowest BCUT2D eigenvalue weighted by molar-refractivity contribution is -0.122. The molecule has 0 bridgehead atoms. The molecule has 1 unspecified atom stereocenters. The first-order valence-electron chi connectivity index (χ1n) is 8.40. The molecule has 1 fully saturated rings. The van der Waals surface area contributed by atoms with E-state index in [0.717, 1.165) is 12.8 Å². The number of benzene rings is 2. The maximum atomic E-state index is 12.3. The van der Waals surface area contributed by atoms with Crippen LogP contribution in [-0.4, -0.2) is 24.4 Å². The number of carbonyl (C=O) groups excluding carboxylic acids is 2. The number of nitrogens with one attached hydrogen (secondary N) is 2. The predicted octanol–water partition coefficient (Wildman–Crippen LogP) is 3.31. The zero-order chi connectivity index (χ0) is 17.9. The average Bonchev–Trinajstić information content (AvgIpc) is 3.42. The van der Waals surface area contributed by atoms with E-state index < -0.39 is 6.04 Å². The molecule has 2 N–H and O–H groups in total. The van der Waals surface area contributed by atoms with E-state index in [2.05, 4.69) is 22.8 Å². The minimum Gasteiger partial charge on any atom is -0.353 e. The Morgan fingerprint density at radius 3 is 2.36 bits per heavy atom. The van der Waals surface area contributed by atoms with Gasteiger partial charge in [-0.3, -0.25) is 9.59 Å². The molecule has 5 heteroatoms. The molecule has 1 atom stereocenters. The summed E-state index contributed by atoms with van der Waals surface area (Å²) in [6.45, 7) is 2.26. The Labute approximate surface area is 152 Å². The van der Waals surface area contributed by atoms with Crippen LogP contribution >= 0.6 is 11.6 Å². The van der Waals surface area contributed by atoms with Gasteiger partial charge in [0, 0.05) is 12.0 Å². The highest BCUT2D eigenvalue weighted by Crippen LogP contribution is 2.47. The summed E-state index contributed by atoms with van der Waals surface area (Å²) >= 11 is 6.02. The quantitative estimate of drug-likeness (QED) is 0.834. The van der Waals surface area contributed by atoms with E-state index in [1.165, 1.54) is 5.56 Å². The molecule has 0 heterocycles. The van der Waals surface area contributed by atoms with Crippen molar-refractivity contribution < 1.29 is 9.59 Å². The summed E-state index contributed by atoms with van der Waals surface area (Å²) in [6, 6.07) is 16.4. The van der Waals surface area contributed by atoms with Crippen LogP contribution in [-0.2, 0) is 10.2 Å². The summed E-state index contributed by atoms with van der Waals surface area (Å²) in [5, 5.41) is 6.04. The van der Waals surface area contributed by atoms with Crippen LogP contribution in [0, 0.1) is 0 Å². The first-order chi connectivity index (χ1) is 12.0. The molecule has 4 nitrogen and oxygen atoms in total. The Kier molecular flexibility index (Phi) is 5.09. The van der Waals surface area contributed by atoms with Crippen molar-refractivity contribution in [2.24, 2.45) is 0 Å². The largest absolute Gasteiger partial charge is 0.353 e. The molecule has 0 radical (unpaired) electrons. The van der Waals surface area contributed by atoms with Crippen molar-refractivity contribution in [3.8, 4) is 0 Å². The predicted molar refractivity (Wildman–Crippen MR) is 98.7 cm³/mol. The summed E-state index contributed by atoms with van der Waals surface area (Å²) in [7, 11) is 0. The standard InChI is InChI=1S/C20H21ClN2O2/c1-14(23-19(25)16-9-5-6-10-17(16)21)18(24)22-13-20(11-12-20)15-7-3-2-4-8-15/h2-10,14H,11-13H2,1H3,(H,22,24)(H,23,25). The lowest BCUT2D eigenvalue weighted by atomic mass is 9.96. The van der Waals surface area contributed by atoms with E-state index in [1.807, 2.05) is 18.2 Å². The fourth-order valence-electron chi connectivity index (χ4n) is 2.90. The molecule has 1 saturated carbocycles. The molecule has 2 aromatic rings. The molecule has 1 aliphatic carbocycles. The van der Waals surface area contributed by atoms with Gasteiger partial charge < -0.3 is 10.6 Å². The Morgan fingerprint density at radius 2 is 1.72 bits per heavy atom. The smallest absolute Gasteiger partial charge is 0.253 e. The molecule has 2 aromatic carbocycles. The van der Waals surface area contributed by atoms with Crippen LogP contribution in [0.1, 0.15) is 35.7 Å². The highest BCUT2D eigenvalue weighted by atomic mass is 35.5. The van der Waals surface area contributed by atoms with Gasteiger partial charge in [0.2, 0.25) is 5.91 Å². The van der Waals surface area contributed by atoms with Crippen LogP contribution in [0.25, 0.3) is 0 Å². The molecule has 2 amide bonds. The maximum absolute atomic E-state index is 12.3. The van der Waals surface area contributed by atoms with E-state index in [9.17, 15) is 9.59 Å². The van der Waals surface area contributed by atoms with Gasteiger partial charge >= 0.3 is 0 Å². The van der Waals surface area contributed by atoms with Gasteiger partial charge in [-0.2, -0.15) is 0 Å². The van der Waals surface area contributed by atoms with Crippen molar-refractivity contribution in [3.05, 3.63) is 70.7 Å². The van der Waals surface area contributed by atoms with Crippen LogP contribution in [0.4, 0.5) is 0 Å². The minimum absolute atomic E-state index is 0.0450. The number of rotatable bonds is 6. The Hall–Kier alpha value is -2.33. The van der Waals surface area contributed by atoms with Gasteiger partial charge in [-0.25, -0.2) is 0 Å². The lowest BCUT2D eigenvalue weighted by Crippen LogP contribution is -2.46. The normalized spacial score (nSPS) is 15.9. The van der Waals surface area contributed by atoms with E-state index in [0.29, 0.717) is 17.1 Å². The Balaban J connectivity index is 1.55. The highest BCUT2D eigenvalue weighted by molar-refractivity contribution is 6.33. The summed E-state index contributed by atoms with van der Waals surface area (Å²) in [5.41, 5.74) is 1.67. The zero-order valence-corrected chi connectivity index (χ0v) is 14.8. The molecule has 1 aliphatic rings. The van der Waals surface area contributed by atoms with Crippen molar-refractivity contribution in [2.45, 2.75) is 31.2 Å². The van der Waals surface area contributed by atoms with Crippen LogP contribution in [0.3, 0.4) is 0 Å². The van der Waals surface area contributed by atoms with Gasteiger partial charge in [-0.05, 0) is 37.5 Å². The summed E-state index contributed by atoms with van der Waals surface area (Å²) < 4.78 is 0. The number of carbonyl (C=O) groups is 2. The van der Waals surface area contributed by atoms with E-state index in [-0.39, 0.29) is 17.2 Å². The van der Waals surface area contributed by atoms with Crippen molar-refractivity contribution >= 4 is 23.4 Å². The van der Waals surface area contributed by atoms with Gasteiger partial charge in [-0.15, -0.1) is 0 Å². The lowest BCUT2D eigenvalue weighted by Gasteiger charge is -2.19. The van der Waals surface area contributed by atoms with Crippen LogP contribution < -0.4 is 10.6 Å². The van der Waals surface area contributed by atoms with Crippen molar-refractivity contribution in [2.75, 3.05) is 6.54 Å². The Morgan fingerprint density at radius 1 is 1.08 bits per heavy atom. The molecule has 130 valence electrons. The third-order valence-corrected chi connectivity index (χ3v) is 5.03. The number of hydrogen-bond donors (Lipinski definition) is 2. The SMILES string of the molecule is CC(NC(=O)c1ccccc1Cl)C(=O)NCC1(c2ccccc2)CC1. The van der Waals surface area contributed by atoms with Gasteiger partial charge in [0.15, 0.2) is 0 Å². The van der Waals surface area contributed by atoms with Crippen LogP contribution in [0.5, 0.6) is 0 Å². The van der Waals surface area contributed by atoms with Gasteiger partial charge in [0.1, 0.15) is 6.04 Å². The topological polar surface area (TPSA) is 58.2 Å². The van der Waals surface area contributed by atoms with Crippen LogP contribution in [0.2, 0.25) is 5.02 Å². The first-order valence-corrected chi connectivity index (χ1v) is 8.78. The monoisotopic (exact) mass is 356 g/mol. The second-order valence-corrected chi connectivity index (χ2v) is 6.95. The van der Waals surface area contributed by atoms with Crippen LogP contribution in [0.15, 0.2) is 54.6 Å². The first kappa shape index (κ1) is 17.5. The molecule has 0 spiro atoms. The third kappa shape index (κ3) is 4.02. The fraction of sp³-hybridized carbons (Fsp3) is 0.300. The van der Waals surface area contributed by atoms with Crippen molar-refractivity contribution in [1.29, 1.82) is 0 Å². The fourth-order valence-corrected chi connectivity index (χ4v) is 3.13. The summed E-state index contributed by atoms with van der Waals surface area (Å²) in [5.74, 6) is -0.542. The Bertz CT molecular complexity index is 772. The average molecular weight is 357 g/mol. The van der Waals surface area contributed by atoms with E-state index in [4.69, 9.17) is 11.6 Å². The second-order valence-electron chi connectivity index (χ2n) is 6.54. The number of hydrogen-bond acceptors (Lipinski definition) is 2. The molecule has 0 saturated heterocycles. The number of halogens is 1. The maximum Gasteiger partial charge on any atom is 0.253 e. The molecule has 0 aromatic heterocycles. The van der Waals surface area contributed by atoms with Crippen molar-refractivity contribution in [1.82, 2.24) is 10.6 Å². The van der Waals surface area contributed by atoms with Crippen molar-refractivity contribution in [3.63, 3.8) is 0 Å². The number of amides is 2. The second kappa shape index (κ2) is 7.28. The summed E-state index contributed by atoms with van der Waals surface area (Å²) in [4.78, 5) is 24.6. The van der Waals surface area contributed by atoms with Gasteiger partial charge in [0.25, 0.3) is 5.91 Å².